The van der Waals surface area contributed by atoms with Crippen LogP contribution < -0.4 is 9.47 Å². The van der Waals surface area contributed by atoms with E-state index in [0.29, 0.717) is 12.5 Å². The highest BCUT2D eigenvalue weighted by Gasteiger charge is 2.25. The van der Waals surface area contributed by atoms with E-state index in [-0.39, 0.29) is 5.78 Å². The van der Waals surface area contributed by atoms with Crippen molar-refractivity contribution >= 4 is 5.78 Å². The van der Waals surface area contributed by atoms with Crippen molar-refractivity contribution in [1.29, 1.82) is 0 Å². The summed E-state index contributed by atoms with van der Waals surface area (Å²) in [5.41, 5.74) is 0.976. The second-order valence-electron chi connectivity index (χ2n) is 4.18. The monoisotopic (exact) mass is 220 g/mol. The quantitative estimate of drug-likeness (QED) is 0.764. The van der Waals surface area contributed by atoms with Crippen LogP contribution in [-0.2, 0) is 11.2 Å². The molecule has 0 amide bonds. The summed E-state index contributed by atoms with van der Waals surface area (Å²) in [4.78, 5) is 11.0. The number of methoxy groups -OCH3 is 1. The van der Waals surface area contributed by atoms with Crippen LogP contribution in [0.15, 0.2) is 18.2 Å². The van der Waals surface area contributed by atoms with Crippen molar-refractivity contribution in [3.8, 4) is 11.5 Å². The summed E-state index contributed by atoms with van der Waals surface area (Å²) in [5, 5.41) is 0. The number of hydrogen-bond donors (Lipinski definition) is 0. The molecule has 0 atom stereocenters. The van der Waals surface area contributed by atoms with Gasteiger partial charge in [-0.2, -0.15) is 0 Å². The van der Waals surface area contributed by atoms with E-state index in [0.717, 1.165) is 29.9 Å². The van der Waals surface area contributed by atoms with Crippen LogP contribution >= 0.6 is 0 Å². The van der Waals surface area contributed by atoms with Gasteiger partial charge in [0.1, 0.15) is 5.78 Å². The normalized spacial score (nSPS) is 14.6. The zero-order chi connectivity index (χ0) is 11.5. The van der Waals surface area contributed by atoms with E-state index < -0.39 is 0 Å². The first-order chi connectivity index (χ1) is 7.69. The lowest BCUT2D eigenvalue weighted by Crippen LogP contribution is -2.01. The van der Waals surface area contributed by atoms with Gasteiger partial charge in [-0.3, -0.25) is 4.79 Å². The van der Waals surface area contributed by atoms with Crippen molar-refractivity contribution in [3.05, 3.63) is 23.8 Å². The van der Waals surface area contributed by atoms with Gasteiger partial charge < -0.3 is 9.47 Å². The Hall–Kier alpha value is -1.51. The fourth-order valence-electron chi connectivity index (χ4n) is 1.58. The molecule has 1 aromatic rings. The van der Waals surface area contributed by atoms with Gasteiger partial charge in [0.15, 0.2) is 11.5 Å². The molecule has 1 aromatic carbocycles. The van der Waals surface area contributed by atoms with Crippen LogP contribution in [0.4, 0.5) is 0 Å². The third kappa shape index (κ3) is 2.75. The van der Waals surface area contributed by atoms with Crippen molar-refractivity contribution in [3.63, 3.8) is 0 Å². The smallest absolute Gasteiger partial charge is 0.161 e. The largest absolute Gasteiger partial charge is 0.493 e. The number of carbonyl (C=O) groups excluding carboxylic acids is 1. The van der Waals surface area contributed by atoms with E-state index >= 15 is 0 Å². The minimum Gasteiger partial charge on any atom is -0.493 e. The molecule has 0 N–H and O–H groups in total. The van der Waals surface area contributed by atoms with Crippen LogP contribution in [0.1, 0.15) is 25.3 Å². The van der Waals surface area contributed by atoms with Crippen LogP contribution in [-0.4, -0.2) is 19.0 Å². The maximum atomic E-state index is 11.0. The second kappa shape index (κ2) is 4.56. The summed E-state index contributed by atoms with van der Waals surface area (Å²) >= 11 is 0. The van der Waals surface area contributed by atoms with E-state index in [1.807, 2.05) is 18.2 Å². The Morgan fingerprint density at radius 2 is 2.12 bits per heavy atom. The number of carbonyl (C=O) groups is 1. The lowest BCUT2D eigenvalue weighted by molar-refractivity contribution is -0.116. The molecule has 0 aliphatic heterocycles. The number of hydrogen-bond acceptors (Lipinski definition) is 3. The van der Waals surface area contributed by atoms with Crippen LogP contribution in [0, 0.1) is 0 Å². The van der Waals surface area contributed by atoms with Crippen molar-refractivity contribution in [2.45, 2.75) is 32.3 Å². The summed E-state index contributed by atoms with van der Waals surface area (Å²) in [5.74, 6) is 1.64. The molecule has 1 aliphatic rings. The van der Waals surface area contributed by atoms with E-state index in [1.54, 1.807) is 14.0 Å². The van der Waals surface area contributed by atoms with Gasteiger partial charge in [0.05, 0.1) is 13.2 Å². The lowest BCUT2D eigenvalue weighted by atomic mass is 10.1. The number of rotatable bonds is 5. The predicted octanol–water partition coefficient (Wildman–Crippen LogP) is 2.37. The first-order valence-corrected chi connectivity index (χ1v) is 5.52. The Morgan fingerprint density at radius 1 is 1.38 bits per heavy atom. The van der Waals surface area contributed by atoms with Gasteiger partial charge in [0, 0.05) is 6.42 Å². The molecule has 0 radical (unpaired) electrons. The molecule has 3 nitrogen and oxygen atoms in total. The molecule has 0 spiro atoms. The Kier molecular flexibility index (Phi) is 3.13. The molecular formula is C13H16O3. The molecule has 3 heteroatoms. The molecule has 16 heavy (non-hydrogen) atoms. The molecule has 0 aromatic heterocycles. The summed E-state index contributed by atoms with van der Waals surface area (Å²) in [6.45, 7) is 1.59. The van der Waals surface area contributed by atoms with E-state index in [4.69, 9.17) is 9.47 Å². The van der Waals surface area contributed by atoms with Crippen LogP contribution in [0.5, 0.6) is 11.5 Å². The fourth-order valence-corrected chi connectivity index (χ4v) is 1.58. The first-order valence-electron chi connectivity index (χ1n) is 5.52. The minimum atomic E-state index is 0.155. The Morgan fingerprint density at radius 3 is 2.69 bits per heavy atom. The summed E-state index contributed by atoms with van der Waals surface area (Å²) in [7, 11) is 1.62. The molecular weight excluding hydrogens is 204 g/mol. The Balaban J connectivity index is 2.18. The maximum absolute atomic E-state index is 11.0. The van der Waals surface area contributed by atoms with Gasteiger partial charge in [0.2, 0.25) is 0 Å². The molecule has 1 saturated carbocycles. The molecule has 0 bridgehead atoms. The van der Waals surface area contributed by atoms with Gasteiger partial charge >= 0.3 is 0 Å². The third-order valence-electron chi connectivity index (χ3n) is 2.50. The predicted molar refractivity (Wildman–Crippen MR) is 61.0 cm³/mol. The molecule has 0 saturated heterocycles. The Labute approximate surface area is 95.4 Å². The van der Waals surface area contributed by atoms with Gasteiger partial charge in [0.25, 0.3) is 0 Å². The van der Waals surface area contributed by atoms with E-state index in [2.05, 4.69) is 0 Å². The average Bonchev–Trinajstić information content (AvgIpc) is 3.01. The standard InChI is InChI=1S/C13H16O3/c1-9(14)7-10-3-6-12(15-2)13(8-10)16-11-4-5-11/h3,6,8,11H,4-5,7H2,1-2H3. The summed E-state index contributed by atoms with van der Waals surface area (Å²) in [6, 6.07) is 5.66. The zero-order valence-electron chi connectivity index (χ0n) is 9.66. The molecule has 1 aliphatic carbocycles. The number of Topliss-reactive ketones (excluding diaryl/α,β-unsaturated/α-hetero) is 1. The highest BCUT2D eigenvalue weighted by atomic mass is 16.5. The third-order valence-corrected chi connectivity index (χ3v) is 2.50. The SMILES string of the molecule is COc1ccc(CC(C)=O)cc1OC1CC1. The van der Waals surface area contributed by atoms with Gasteiger partial charge in [-0.15, -0.1) is 0 Å². The number of ketones is 1. The highest BCUT2D eigenvalue weighted by Crippen LogP contribution is 2.34. The van der Waals surface area contributed by atoms with Gasteiger partial charge in [-0.1, -0.05) is 6.07 Å². The van der Waals surface area contributed by atoms with Crippen molar-refractivity contribution in [2.24, 2.45) is 0 Å². The average molecular weight is 220 g/mol. The Bertz CT molecular complexity index is 394. The lowest BCUT2D eigenvalue weighted by Gasteiger charge is -2.11. The van der Waals surface area contributed by atoms with Crippen LogP contribution in [0.2, 0.25) is 0 Å². The molecule has 2 rings (SSSR count). The number of ether oxygens (including phenoxy) is 2. The maximum Gasteiger partial charge on any atom is 0.161 e. The van der Waals surface area contributed by atoms with Crippen LogP contribution in [0.3, 0.4) is 0 Å². The second-order valence-corrected chi connectivity index (χ2v) is 4.18. The molecule has 1 fully saturated rings. The zero-order valence-corrected chi connectivity index (χ0v) is 9.66. The molecule has 0 heterocycles. The first kappa shape index (κ1) is 11.0. The van der Waals surface area contributed by atoms with E-state index in [9.17, 15) is 4.79 Å². The summed E-state index contributed by atoms with van der Waals surface area (Å²) in [6.07, 6.45) is 3.01. The van der Waals surface area contributed by atoms with Gasteiger partial charge in [-0.25, -0.2) is 0 Å². The number of benzene rings is 1. The highest BCUT2D eigenvalue weighted by molar-refractivity contribution is 5.78. The minimum absolute atomic E-state index is 0.155. The molecule has 86 valence electrons. The van der Waals surface area contributed by atoms with Gasteiger partial charge in [-0.05, 0) is 37.5 Å². The van der Waals surface area contributed by atoms with Crippen molar-refractivity contribution in [2.75, 3.05) is 7.11 Å². The van der Waals surface area contributed by atoms with Crippen molar-refractivity contribution in [1.82, 2.24) is 0 Å². The van der Waals surface area contributed by atoms with E-state index in [1.165, 1.54) is 0 Å². The fraction of sp³-hybridized carbons (Fsp3) is 0.462. The van der Waals surface area contributed by atoms with Crippen molar-refractivity contribution < 1.29 is 14.3 Å². The van der Waals surface area contributed by atoms with Crippen LogP contribution in [0.25, 0.3) is 0 Å². The summed E-state index contributed by atoms with van der Waals surface area (Å²) < 4.78 is 11.0. The topological polar surface area (TPSA) is 35.5 Å². The molecule has 0 unspecified atom stereocenters.